The molecule has 0 fully saturated rings. The van der Waals surface area contributed by atoms with Crippen molar-refractivity contribution in [2.24, 2.45) is 5.73 Å². The molecule has 2 heterocycles. The maximum atomic E-state index is 12.3. The van der Waals surface area contributed by atoms with Crippen LogP contribution in [-0.2, 0) is 10.4 Å². The van der Waals surface area contributed by atoms with Gasteiger partial charge in [-0.3, -0.25) is 4.79 Å². The summed E-state index contributed by atoms with van der Waals surface area (Å²) in [7, 11) is 0. The zero-order valence-corrected chi connectivity index (χ0v) is 19.4. The molecule has 0 spiro atoms. The molecule has 3 N–H and O–H groups in total. The highest BCUT2D eigenvalue weighted by atomic mass is 35.5. The van der Waals surface area contributed by atoms with Crippen LogP contribution in [0.15, 0.2) is 77.3 Å². The molecule has 0 aliphatic carbocycles. The van der Waals surface area contributed by atoms with Crippen molar-refractivity contribution in [1.82, 2.24) is 14.7 Å². The van der Waals surface area contributed by atoms with Gasteiger partial charge in [-0.25, -0.2) is 0 Å². The van der Waals surface area contributed by atoms with Crippen LogP contribution in [0.25, 0.3) is 28.1 Å². The van der Waals surface area contributed by atoms with E-state index in [1.165, 1.54) is 0 Å². The largest absolute Gasteiger partial charge is 0.372 e. The highest BCUT2D eigenvalue weighted by Crippen LogP contribution is 2.40. The second kappa shape index (κ2) is 8.29. The van der Waals surface area contributed by atoms with Gasteiger partial charge in [0, 0.05) is 23.0 Å². The second-order valence-corrected chi connectivity index (χ2v) is 8.60. The van der Waals surface area contributed by atoms with Crippen LogP contribution in [0.5, 0.6) is 0 Å². The first kappa shape index (κ1) is 22.2. The van der Waals surface area contributed by atoms with Gasteiger partial charge in [0.05, 0.1) is 10.5 Å². The number of nitrogens with two attached hydrogens (primary N) is 1. The predicted octanol–water partition coefficient (Wildman–Crippen LogP) is 5.02. The smallest absolute Gasteiger partial charge is 0.258 e. The Morgan fingerprint density at radius 2 is 1.71 bits per heavy atom. The number of aliphatic hydroxyl groups is 1. The molecule has 170 valence electrons. The molecule has 1 unspecified atom stereocenters. The van der Waals surface area contributed by atoms with Gasteiger partial charge >= 0.3 is 0 Å². The molecular weight excluding hydrogens is 475 g/mol. The van der Waals surface area contributed by atoms with Crippen LogP contribution < -0.4 is 5.73 Å². The van der Waals surface area contributed by atoms with E-state index in [-0.39, 0.29) is 0 Å². The molecular formula is C25H18Cl2N4O3. The minimum atomic E-state index is -1.99. The van der Waals surface area contributed by atoms with E-state index in [0.717, 1.165) is 5.52 Å². The average Bonchev–Trinajstić information content (AvgIpc) is 3.39. The number of nitrogens with zero attached hydrogens (tertiary/aromatic N) is 3. The Morgan fingerprint density at radius 3 is 2.32 bits per heavy atom. The van der Waals surface area contributed by atoms with Gasteiger partial charge in [-0.2, -0.15) is 4.98 Å². The van der Waals surface area contributed by atoms with Crippen LogP contribution in [0.1, 0.15) is 17.0 Å². The van der Waals surface area contributed by atoms with Crippen molar-refractivity contribution < 1.29 is 14.4 Å². The van der Waals surface area contributed by atoms with E-state index in [9.17, 15) is 9.90 Å². The number of carbonyl (C=O) groups is 1. The van der Waals surface area contributed by atoms with Gasteiger partial charge in [0.2, 0.25) is 11.7 Å². The fraction of sp³-hybridized carbons (Fsp3) is 0.0800. The summed E-state index contributed by atoms with van der Waals surface area (Å²) in [5.74, 6) is -0.166. The third-order valence-electron chi connectivity index (χ3n) is 5.70. The lowest BCUT2D eigenvalue weighted by atomic mass is 9.85. The van der Waals surface area contributed by atoms with Crippen molar-refractivity contribution in [2.45, 2.75) is 12.5 Å². The first-order chi connectivity index (χ1) is 16.3. The number of aromatic nitrogens is 3. The Balaban J connectivity index is 1.70. The van der Waals surface area contributed by atoms with E-state index in [4.69, 9.17) is 33.5 Å². The van der Waals surface area contributed by atoms with Crippen molar-refractivity contribution >= 4 is 40.0 Å². The molecule has 5 rings (SSSR count). The van der Waals surface area contributed by atoms with Crippen LogP contribution in [0.3, 0.4) is 0 Å². The van der Waals surface area contributed by atoms with Gasteiger partial charge in [0.15, 0.2) is 5.60 Å². The number of benzene rings is 3. The summed E-state index contributed by atoms with van der Waals surface area (Å²) in [6.07, 6.45) is 0. The normalized spacial score (nSPS) is 13.2. The maximum absolute atomic E-state index is 12.3. The number of primary amides is 1. The minimum absolute atomic E-state index is 0.317. The van der Waals surface area contributed by atoms with Gasteiger partial charge < -0.3 is 19.9 Å². The van der Waals surface area contributed by atoms with Crippen molar-refractivity contribution in [1.29, 1.82) is 0 Å². The predicted molar refractivity (Wildman–Crippen MR) is 130 cm³/mol. The lowest BCUT2D eigenvalue weighted by molar-refractivity contribution is -0.133. The quantitative estimate of drug-likeness (QED) is 0.358. The minimum Gasteiger partial charge on any atom is -0.372 e. The summed E-state index contributed by atoms with van der Waals surface area (Å²) >= 11 is 13.0. The molecule has 0 radical (unpaired) electrons. The number of rotatable bonds is 5. The highest BCUT2D eigenvalue weighted by Gasteiger charge is 2.38. The Morgan fingerprint density at radius 1 is 1.03 bits per heavy atom. The number of amides is 1. The summed E-state index contributed by atoms with van der Waals surface area (Å²) in [6.45, 7) is 1.69. The third kappa shape index (κ3) is 3.45. The Labute approximate surface area is 204 Å². The van der Waals surface area contributed by atoms with Crippen LogP contribution in [0.4, 0.5) is 0 Å². The molecule has 3 aromatic carbocycles. The third-order valence-corrected chi connectivity index (χ3v) is 6.32. The summed E-state index contributed by atoms with van der Waals surface area (Å²) in [5.41, 5.74) is 6.34. The number of aryl methyl sites for hydroxylation is 1. The van der Waals surface area contributed by atoms with Crippen LogP contribution >= 0.6 is 23.2 Å². The van der Waals surface area contributed by atoms with Crippen molar-refractivity contribution in [3.05, 3.63) is 99.9 Å². The van der Waals surface area contributed by atoms with Crippen molar-refractivity contribution in [2.75, 3.05) is 0 Å². The molecule has 0 aliphatic heterocycles. The van der Waals surface area contributed by atoms with Gasteiger partial charge in [0.25, 0.3) is 5.91 Å². The first-order valence-corrected chi connectivity index (χ1v) is 11.0. The van der Waals surface area contributed by atoms with Crippen LogP contribution in [-0.4, -0.2) is 25.7 Å². The fourth-order valence-electron chi connectivity index (χ4n) is 4.07. The summed E-state index contributed by atoms with van der Waals surface area (Å²) in [6, 6.07) is 20.7. The van der Waals surface area contributed by atoms with Crippen LogP contribution in [0, 0.1) is 6.92 Å². The number of carbonyl (C=O) groups excluding carboxylic acids is 1. The van der Waals surface area contributed by atoms with E-state index >= 15 is 0 Å². The molecule has 9 heteroatoms. The molecule has 5 aromatic rings. The first-order valence-electron chi connectivity index (χ1n) is 10.3. The molecule has 0 saturated carbocycles. The van der Waals surface area contributed by atoms with E-state index in [2.05, 4.69) is 10.1 Å². The number of hydrogen-bond donors (Lipinski definition) is 2. The molecule has 1 amide bonds. The lowest BCUT2D eigenvalue weighted by Gasteiger charge is -2.26. The standard InChI is InChI=1S/C25H18Cl2N4O3/c1-14-29-23(30-34-14)22-21(27)19-13-17(26)9-12-20(19)31(22)18-10-7-16(8-11-18)25(33,24(28)32)15-5-3-2-4-6-15/h2-13,33H,1H3,(H2,28,32). The average molecular weight is 493 g/mol. The van der Waals surface area contributed by atoms with Crippen molar-refractivity contribution in [3.63, 3.8) is 0 Å². The maximum Gasteiger partial charge on any atom is 0.258 e. The van der Waals surface area contributed by atoms with E-state index in [1.807, 2.05) is 10.6 Å². The Hall–Kier alpha value is -3.65. The zero-order chi connectivity index (χ0) is 24.0. The topological polar surface area (TPSA) is 107 Å². The molecule has 34 heavy (non-hydrogen) atoms. The molecule has 0 bridgehead atoms. The molecule has 2 aromatic heterocycles. The summed E-state index contributed by atoms with van der Waals surface area (Å²) < 4.78 is 7.05. The van der Waals surface area contributed by atoms with Gasteiger partial charge in [-0.05, 0) is 41.5 Å². The Kier molecular flexibility index (Phi) is 5.40. The molecule has 0 aliphatic rings. The molecule has 1 atom stereocenters. The van der Waals surface area contributed by atoms with Gasteiger partial charge in [0.1, 0.15) is 5.69 Å². The van der Waals surface area contributed by atoms with Gasteiger partial charge in [-0.1, -0.05) is 70.8 Å². The summed E-state index contributed by atoms with van der Waals surface area (Å²) in [5, 5.41) is 17.0. The Bertz CT molecular complexity index is 1530. The molecule has 7 nitrogen and oxygen atoms in total. The van der Waals surface area contributed by atoms with Gasteiger partial charge in [-0.15, -0.1) is 0 Å². The van der Waals surface area contributed by atoms with E-state index in [0.29, 0.717) is 49.7 Å². The number of hydrogen-bond acceptors (Lipinski definition) is 5. The van der Waals surface area contributed by atoms with Crippen molar-refractivity contribution in [3.8, 4) is 17.2 Å². The van der Waals surface area contributed by atoms with E-state index in [1.54, 1.807) is 73.7 Å². The number of fused-ring (bicyclic) bond motifs is 1. The highest BCUT2D eigenvalue weighted by molar-refractivity contribution is 6.39. The molecule has 0 saturated heterocycles. The zero-order valence-electron chi connectivity index (χ0n) is 17.9. The lowest BCUT2D eigenvalue weighted by Crippen LogP contribution is -2.42. The summed E-state index contributed by atoms with van der Waals surface area (Å²) in [4.78, 5) is 16.7. The second-order valence-electron chi connectivity index (χ2n) is 7.78. The monoisotopic (exact) mass is 492 g/mol. The van der Waals surface area contributed by atoms with Crippen LogP contribution in [0.2, 0.25) is 10.0 Å². The SMILES string of the molecule is Cc1nc(-c2c(Cl)c3cc(Cl)ccc3n2-c2ccc(C(O)(C(N)=O)c3ccccc3)cc2)no1. The fourth-order valence-corrected chi connectivity index (χ4v) is 4.56. The van der Waals surface area contributed by atoms with E-state index < -0.39 is 11.5 Å². The number of halogens is 2.